The molecule has 26 heavy (non-hydrogen) atoms. The van der Waals surface area contributed by atoms with Crippen molar-refractivity contribution in [3.8, 4) is 17.3 Å². The summed E-state index contributed by atoms with van der Waals surface area (Å²) in [6.45, 7) is 1.08. The van der Waals surface area contributed by atoms with Crippen molar-refractivity contribution < 1.29 is 19.0 Å². The van der Waals surface area contributed by atoms with Crippen LogP contribution in [0.3, 0.4) is 0 Å². The van der Waals surface area contributed by atoms with Crippen molar-refractivity contribution in [2.75, 3.05) is 13.2 Å². The number of benzene rings is 1. The van der Waals surface area contributed by atoms with Crippen molar-refractivity contribution in [1.82, 2.24) is 19.7 Å². The monoisotopic (exact) mass is 416 g/mol. The maximum Gasteiger partial charge on any atom is 0.342 e. The van der Waals surface area contributed by atoms with Gasteiger partial charge in [0, 0.05) is 16.2 Å². The molecular weight excluding hydrogens is 404 g/mol. The molecule has 0 spiro atoms. The number of aromatic nitrogens is 4. The van der Waals surface area contributed by atoms with E-state index in [9.17, 15) is 4.79 Å². The molecule has 0 amide bonds. The van der Waals surface area contributed by atoms with Crippen LogP contribution in [0.5, 0.6) is 11.5 Å². The average molecular weight is 417 g/mol. The molecule has 8 nitrogen and oxygen atoms in total. The van der Waals surface area contributed by atoms with Gasteiger partial charge in [-0.25, -0.2) is 19.4 Å². The standard InChI is InChI=1S/C17H13BrN4O4/c18-13-7-15-14(24-4-5-25-15)6-11(13)8-26-17(23)12-2-1-3-20-16(12)22-10-19-9-21-22/h1-3,6-7,9-10H,4-5,8H2. The summed E-state index contributed by atoms with van der Waals surface area (Å²) in [6, 6.07) is 6.90. The molecule has 0 aliphatic carbocycles. The molecular formula is C17H13BrN4O4. The number of hydrogen-bond acceptors (Lipinski definition) is 7. The molecule has 3 heterocycles. The summed E-state index contributed by atoms with van der Waals surface area (Å²) in [5, 5.41) is 4.01. The first kappa shape index (κ1) is 16.5. The Kier molecular flexibility index (Phi) is 4.53. The number of carbonyl (C=O) groups is 1. The van der Waals surface area contributed by atoms with Crippen LogP contribution in [-0.2, 0) is 11.3 Å². The zero-order valence-electron chi connectivity index (χ0n) is 13.5. The highest BCUT2D eigenvalue weighted by Gasteiger charge is 2.18. The van der Waals surface area contributed by atoms with Crippen molar-refractivity contribution >= 4 is 21.9 Å². The van der Waals surface area contributed by atoms with Gasteiger partial charge in [0.1, 0.15) is 38.0 Å². The lowest BCUT2D eigenvalue weighted by Crippen LogP contribution is -2.16. The number of rotatable bonds is 4. The maximum absolute atomic E-state index is 12.5. The molecule has 1 aromatic carbocycles. The van der Waals surface area contributed by atoms with Crippen molar-refractivity contribution in [2.24, 2.45) is 0 Å². The molecule has 0 saturated carbocycles. The summed E-state index contributed by atoms with van der Waals surface area (Å²) in [7, 11) is 0. The molecule has 0 atom stereocenters. The van der Waals surface area contributed by atoms with Crippen LogP contribution in [0.1, 0.15) is 15.9 Å². The number of pyridine rings is 1. The highest BCUT2D eigenvalue weighted by Crippen LogP contribution is 2.35. The Hall–Kier alpha value is -2.94. The van der Waals surface area contributed by atoms with E-state index in [0.717, 1.165) is 10.0 Å². The fraction of sp³-hybridized carbons (Fsp3) is 0.176. The summed E-state index contributed by atoms with van der Waals surface area (Å²) in [5.74, 6) is 1.15. The van der Waals surface area contributed by atoms with Crippen molar-refractivity contribution in [3.05, 3.63) is 58.7 Å². The molecule has 0 bridgehead atoms. The second-order valence-electron chi connectivity index (χ2n) is 5.38. The Morgan fingerprint density at radius 1 is 1.27 bits per heavy atom. The van der Waals surface area contributed by atoms with Gasteiger partial charge in [0.2, 0.25) is 0 Å². The normalized spacial score (nSPS) is 12.7. The van der Waals surface area contributed by atoms with Gasteiger partial charge in [-0.2, -0.15) is 5.10 Å². The second kappa shape index (κ2) is 7.12. The highest BCUT2D eigenvalue weighted by molar-refractivity contribution is 9.10. The van der Waals surface area contributed by atoms with E-state index in [-0.39, 0.29) is 6.61 Å². The summed E-state index contributed by atoms with van der Waals surface area (Å²) in [6.07, 6.45) is 4.41. The molecule has 0 N–H and O–H groups in total. The minimum absolute atomic E-state index is 0.0712. The zero-order valence-corrected chi connectivity index (χ0v) is 15.0. The van der Waals surface area contributed by atoms with E-state index in [1.807, 2.05) is 6.07 Å². The van der Waals surface area contributed by atoms with E-state index < -0.39 is 5.97 Å². The number of nitrogens with zero attached hydrogens (tertiary/aromatic N) is 4. The SMILES string of the molecule is O=C(OCc1cc2c(cc1Br)OCCO2)c1cccnc1-n1cncn1. The molecule has 0 radical (unpaired) electrons. The van der Waals surface area contributed by atoms with E-state index in [1.54, 1.807) is 24.4 Å². The summed E-state index contributed by atoms with van der Waals surface area (Å²) in [5.41, 5.74) is 1.07. The Morgan fingerprint density at radius 2 is 2.08 bits per heavy atom. The van der Waals surface area contributed by atoms with Crippen molar-refractivity contribution in [3.63, 3.8) is 0 Å². The van der Waals surface area contributed by atoms with Crippen LogP contribution in [0.4, 0.5) is 0 Å². The van der Waals surface area contributed by atoms with Gasteiger partial charge in [-0.15, -0.1) is 0 Å². The Bertz CT molecular complexity index is 946. The molecule has 0 unspecified atom stereocenters. The second-order valence-corrected chi connectivity index (χ2v) is 6.23. The Labute approximate surface area is 156 Å². The lowest BCUT2D eigenvalue weighted by molar-refractivity contribution is 0.0470. The number of hydrogen-bond donors (Lipinski definition) is 0. The Morgan fingerprint density at radius 3 is 2.85 bits per heavy atom. The lowest BCUT2D eigenvalue weighted by atomic mass is 10.2. The van der Waals surface area contributed by atoms with Crippen LogP contribution in [0, 0.1) is 0 Å². The van der Waals surface area contributed by atoms with Gasteiger partial charge < -0.3 is 14.2 Å². The first-order chi connectivity index (χ1) is 12.7. The highest BCUT2D eigenvalue weighted by atomic mass is 79.9. The summed E-state index contributed by atoms with van der Waals surface area (Å²) in [4.78, 5) is 20.6. The first-order valence-electron chi connectivity index (χ1n) is 7.77. The van der Waals surface area contributed by atoms with Crippen LogP contribution >= 0.6 is 15.9 Å². The number of ether oxygens (including phenoxy) is 3. The predicted octanol–water partition coefficient (Wildman–Crippen LogP) is 2.55. The van der Waals surface area contributed by atoms with Gasteiger partial charge in [0.15, 0.2) is 17.3 Å². The molecule has 4 rings (SSSR count). The topological polar surface area (TPSA) is 88.4 Å². The van der Waals surface area contributed by atoms with E-state index in [2.05, 4.69) is 31.0 Å². The predicted molar refractivity (Wildman–Crippen MR) is 93.4 cm³/mol. The lowest BCUT2D eigenvalue weighted by Gasteiger charge is -2.20. The van der Waals surface area contributed by atoms with Crippen LogP contribution in [-0.4, -0.2) is 38.9 Å². The van der Waals surface area contributed by atoms with Gasteiger partial charge in [-0.05, 0) is 24.3 Å². The summed E-state index contributed by atoms with van der Waals surface area (Å²) < 4.78 is 18.7. The number of carbonyl (C=O) groups excluding carboxylic acids is 1. The van der Waals surface area contributed by atoms with Gasteiger partial charge in [-0.1, -0.05) is 15.9 Å². The van der Waals surface area contributed by atoms with Gasteiger partial charge in [-0.3, -0.25) is 0 Å². The van der Waals surface area contributed by atoms with Gasteiger partial charge >= 0.3 is 5.97 Å². The fourth-order valence-corrected chi connectivity index (χ4v) is 2.93. The molecule has 3 aromatic rings. The largest absolute Gasteiger partial charge is 0.486 e. The third-order valence-electron chi connectivity index (χ3n) is 3.71. The molecule has 1 aliphatic rings. The quantitative estimate of drug-likeness (QED) is 0.603. The van der Waals surface area contributed by atoms with Crippen molar-refractivity contribution in [1.29, 1.82) is 0 Å². The third-order valence-corrected chi connectivity index (χ3v) is 4.45. The molecule has 1 aliphatic heterocycles. The van der Waals surface area contributed by atoms with E-state index in [0.29, 0.717) is 36.1 Å². The minimum atomic E-state index is -0.509. The maximum atomic E-state index is 12.5. The zero-order chi connectivity index (χ0) is 17.9. The molecule has 0 saturated heterocycles. The van der Waals surface area contributed by atoms with E-state index >= 15 is 0 Å². The number of esters is 1. The molecule has 132 valence electrons. The van der Waals surface area contributed by atoms with Gasteiger partial charge in [0.05, 0.1) is 0 Å². The van der Waals surface area contributed by atoms with Crippen molar-refractivity contribution in [2.45, 2.75) is 6.61 Å². The average Bonchev–Trinajstić information content (AvgIpc) is 3.20. The number of fused-ring (bicyclic) bond motifs is 1. The summed E-state index contributed by atoms with van der Waals surface area (Å²) >= 11 is 3.47. The fourth-order valence-electron chi connectivity index (χ4n) is 2.49. The van der Waals surface area contributed by atoms with Crippen LogP contribution in [0.25, 0.3) is 5.82 Å². The molecule has 9 heteroatoms. The molecule has 2 aromatic heterocycles. The Balaban J connectivity index is 1.54. The van der Waals surface area contributed by atoms with E-state index in [1.165, 1.54) is 17.3 Å². The van der Waals surface area contributed by atoms with Gasteiger partial charge in [0.25, 0.3) is 0 Å². The van der Waals surface area contributed by atoms with Crippen LogP contribution in [0.15, 0.2) is 47.6 Å². The first-order valence-corrected chi connectivity index (χ1v) is 8.57. The van der Waals surface area contributed by atoms with Crippen LogP contribution < -0.4 is 9.47 Å². The molecule has 0 fully saturated rings. The number of halogens is 1. The van der Waals surface area contributed by atoms with Crippen LogP contribution in [0.2, 0.25) is 0 Å². The third kappa shape index (κ3) is 3.25. The smallest absolute Gasteiger partial charge is 0.342 e. The minimum Gasteiger partial charge on any atom is -0.486 e. The van der Waals surface area contributed by atoms with E-state index in [4.69, 9.17) is 14.2 Å².